The van der Waals surface area contributed by atoms with Gasteiger partial charge in [0.2, 0.25) is 0 Å². The molecule has 0 radical (unpaired) electrons. The number of aromatic nitrogens is 1. The Balaban J connectivity index is 1.63. The number of oxazole rings is 1. The van der Waals surface area contributed by atoms with Gasteiger partial charge in [0.1, 0.15) is 17.4 Å². The van der Waals surface area contributed by atoms with Crippen LogP contribution in [-0.2, 0) is 19.1 Å². The average Bonchev–Trinajstić information content (AvgIpc) is 3.32. The number of carbonyl (C=O) groups is 2. The largest absolute Gasteiger partial charge is 0.457 e. The second-order valence-electron chi connectivity index (χ2n) is 11.9. The van der Waals surface area contributed by atoms with E-state index in [1.54, 1.807) is 26.8 Å². The molecule has 0 spiro atoms. The Morgan fingerprint density at radius 2 is 1.95 bits per heavy atom. The maximum Gasteiger partial charge on any atom is 0.309 e. The van der Waals surface area contributed by atoms with Crippen LogP contribution in [-0.4, -0.2) is 50.9 Å². The Kier molecular flexibility index (Phi) is 8.17. The number of cyclic esters (lactones) is 1. The molecule has 8 nitrogen and oxygen atoms in total. The summed E-state index contributed by atoms with van der Waals surface area (Å²) >= 11 is 0. The molecular formula is C30H41NO7. The molecular weight excluding hydrogens is 486 g/mol. The number of epoxide rings is 1. The first kappa shape index (κ1) is 28.5. The summed E-state index contributed by atoms with van der Waals surface area (Å²) in [6.07, 6.45) is 1.50. The quantitative estimate of drug-likeness (QED) is 0.325. The van der Waals surface area contributed by atoms with E-state index in [0.717, 1.165) is 24.8 Å². The van der Waals surface area contributed by atoms with Crippen LogP contribution in [0.1, 0.15) is 83.8 Å². The number of aryl methyl sites for hydroxylation is 1. The number of benzene rings is 1. The minimum Gasteiger partial charge on any atom is -0.457 e. The minimum atomic E-state index is -1.28. The van der Waals surface area contributed by atoms with Gasteiger partial charge in [0.25, 0.3) is 0 Å². The van der Waals surface area contributed by atoms with Gasteiger partial charge in [0.15, 0.2) is 11.5 Å². The number of hydrogen-bond acceptors (Lipinski definition) is 8. The molecule has 2 aliphatic rings. The fourth-order valence-electron chi connectivity index (χ4n) is 5.70. The summed E-state index contributed by atoms with van der Waals surface area (Å²) in [5, 5.41) is 22.2. The lowest BCUT2D eigenvalue weighted by Crippen LogP contribution is -2.46. The number of hydrogen-bond donors (Lipinski definition) is 2. The summed E-state index contributed by atoms with van der Waals surface area (Å²) in [5.74, 6) is -1.19. The van der Waals surface area contributed by atoms with Crippen molar-refractivity contribution in [3.05, 3.63) is 42.3 Å². The predicted molar refractivity (Wildman–Crippen MR) is 142 cm³/mol. The average molecular weight is 528 g/mol. The standard InChI is InChI=1S/C30H41NO7/c1-7-9-20-27(34)17(2)10-8-13-30(6)25(38-30)15-23(19-11-12-22-21(14-19)31-18(3)36-22)37-26(33)16-24(32)29(4,5)28(20)35/h7,11-12,14,17,20,23-25,27,32,34H,1,8-10,13,15-16H2,2-6H3/t17-,20-,23-,24+,25+,27+,30+/m0/s1. The maximum atomic E-state index is 13.6. The molecule has 1 aromatic heterocycles. The van der Waals surface area contributed by atoms with Gasteiger partial charge in [-0.2, -0.15) is 0 Å². The monoisotopic (exact) mass is 527 g/mol. The Morgan fingerprint density at radius 3 is 2.66 bits per heavy atom. The van der Waals surface area contributed by atoms with Crippen molar-refractivity contribution in [2.45, 2.75) is 103 Å². The Morgan fingerprint density at radius 1 is 1.21 bits per heavy atom. The van der Waals surface area contributed by atoms with Crippen LogP contribution < -0.4 is 0 Å². The summed E-state index contributed by atoms with van der Waals surface area (Å²) in [6.45, 7) is 12.8. The van der Waals surface area contributed by atoms with Gasteiger partial charge >= 0.3 is 5.97 Å². The first-order valence-corrected chi connectivity index (χ1v) is 13.6. The molecule has 0 saturated carbocycles. The normalized spacial score (nSPS) is 34.9. The molecule has 0 bridgehead atoms. The lowest BCUT2D eigenvalue weighted by molar-refractivity contribution is -0.156. The number of esters is 1. The van der Waals surface area contributed by atoms with E-state index in [1.165, 1.54) is 0 Å². The van der Waals surface area contributed by atoms with E-state index in [2.05, 4.69) is 18.5 Å². The van der Waals surface area contributed by atoms with Gasteiger partial charge in [-0.3, -0.25) is 9.59 Å². The number of rotatable bonds is 3. The molecule has 2 fully saturated rings. The van der Waals surface area contributed by atoms with Crippen LogP contribution in [0, 0.1) is 24.2 Å². The molecule has 2 aromatic rings. The first-order chi connectivity index (χ1) is 17.9. The smallest absolute Gasteiger partial charge is 0.309 e. The number of fused-ring (bicyclic) bond motifs is 2. The third kappa shape index (κ3) is 5.87. The van der Waals surface area contributed by atoms with Gasteiger partial charge in [-0.15, -0.1) is 6.58 Å². The molecule has 4 rings (SSSR count). The van der Waals surface area contributed by atoms with Gasteiger partial charge < -0.3 is 24.1 Å². The third-order valence-corrected chi connectivity index (χ3v) is 8.54. The summed E-state index contributed by atoms with van der Waals surface area (Å²) in [6, 6.07) is 5.53. The molecule has 2 saturated heterocycles. The van der Waals surface area contributed by atoms with Crippen molar-refractivity contribution in [1.29, 1.82) is 0 Å². The third-order valence-electron chi connectivity index (χ3n) is 8.54. The van der Waals surface area contributed by atoms with Crippen molar-refractivity contribution >= 4 is 22.9 Å². The van der Waals surface area contributed by atoms with E-state index in [1.807, 2.05) is 25.1 Å². The second-order valence-corrected chi connectivity index (χ2v) is 11.9. The zero-order valence-electron chi connectivity index (χ0n) is 23.1. The van der Waals surface area contributed by atoms with Gasteiger partial charge in [-0.05, 0) is 49.8 Å². The molecule has 2 N–H and O–H groups in total. The van der Waals surface area contributed by atoms with E-state index in [9.17, 15) is 19.8 Å². The molecule has 7 atom stereocenters. The maximum absolute atomic E-state index is 13.6. The van der Waals surface area contributed by atoms with E-state index < -0.39 is 35.6 Å². The molecule has 3 heterocycles. The van der Waals surface area contributed by atoms with Gasteiger partial charge in [0, 0.05) is 19.3 Å². The number of ether oxygens (including phenoxy) is 2. The van der Waals surface area contributed by atoms with E-state index in [4.69, 9.17) is 13.9 Å². The van der Waals surface area contributed by atoms with Crippen LogP contribution in [0.5, 0.6) is 0 Å². The van der Waals surface area contributed by atoms with Crippen molar-refractivity contribution in [1.82, 2.24) is 4.98 Å². The molecule has 0 unspecified atom stereocenters. The Bertz CT molecular complexity index is 1190. The number of allylic oxidation sites excluding steroid dienone is 1. The number of aliphatic hydroxyl groups excluding tert-OH is 2. The zero-order chi connectivity index (χ0) is 27.8. The van der Waals surface area contributed by atoms with Crippen LogP contribution in [0.3, 0.4) is 0 Å². The van der Waals surface area contributed by atoms with Crippen LogP contribution in [0.2, 0.25) is 0 Å². The van der Waals surface area contributed by atoms with Crippen molar-refractivity contribution in [2.75, 3.05) is 0 Å². The summed E-state index contributed by atoms with van der Waals surface area (Å²) in [5.41, 5.74) is 0.481. The number of aliphatic hydroxyl groups is 2. The SMILES string of the molecule is C=CC[C@@H]1C(=O)C(C)(C)[C@H](O)CC(=O)O[C@H](c2ccc3oc(C)nc3c2)C[C@H]2O[C@]2(C)CCC[C@H](C)[C@H]1O. The lowest BCUT2D eigenvalue weighted by Gasteiger charge is -2.35. The van der Waals surface area contributed by atoms with Crippen LogP contribution in [0.4, 0.5) is 0 Å². The number of carbonyl (C=O) groups excluding carboxylic acids is 2. The van der Waals surface area contributed by atoms with Gasteiger partial charge in [0.05, 0.1) is 35.7 Å². The highest BCUT2D eigenvalue weighted by Gasteiger charge is 2.53. The van der Waals surface area contributed by atoms with Crippen LogP contribution in [0.25, 0.3) is 11.1 Å². The topological polar surface area (TPSA) is 122 Å². The fraction of sp³-hybridized carbons (Fsp3) is 0.633. The van der Waals surface area contributed by atoms with Crippen LogP contribution in [0.15, 0.2) is 35.3 Å². The predicted octanol–water partition coefficient (Wildman–Crippen LogP) is 4.99. The van der Waals surface area contributed by atoms with E-state index in [0.29, 0.717) is 29.8 Å². The number of Topliss-reactive ketones (excluding diaryl/α,β-unsaturated/α-hetero) is 1. The highest BCUT2D eigenvalue weighted by molar-refractivity contribution is 5.88. The second kappa shape index (κ2) is 10.9. The van der Waals surface area contributed by atoms with Crippen molar-refractivity contribution in [3.8, 4) is 0 Å². The molecule has 1 aromatic carbocycles. The molecule has 8 heteroatoms. The lowest BCUT2D eigenvalue weighted by atomic mass is 9.71. The fourth-order valence-corrected chi connectivity index (χ4v) is 5.70. The summed E-state index contributed by atoms with van der Waals surface area (Å²) in [7, 11) is 0. The molecule has 0 aliphatic carbocycles. The molecule has 208 valence electrons. The van der Waals surface area contributed by atoms with Crippen molar-refractivity contribution in [2.24, 2.45) is 17.3 Å². The van der Waals surface area contributed by atoms with Crippen molar-refractivity contribution < 1.29 is 33.7 Å². The molecule has 2 aliphatic heterocycles. The van der Waals surface area contributed by atoms with Gasteiger partial charge in [-0.25, -0.2) is 4.98 Å². The van der Waals surface area contributed by atoms with Crippen LogP contribution >= 0.6 is 0 Å². The zero-order valence-corrected chi connectivity index (χ0v) is 23.1. The summed E-state index contributed by atoms with van der Waals surface area (Å²) in [4.78, 5) is 31.1. The molecule has 38 heavy (non-hydrogen) atoms. The first-order valence-electron chi connectivity index (χ1n) is 13.6. The minimum absolute atomic E-state index is 0.0976. The highest BCUT2D eigenvalue weighted by Crippen LogP contribution is 2.47. The number of ketones is 1. The Labute approximate surface area is 224 Å². The molecule has 0 amide bonds. The number of nitrogens with zero attached hydrogens (tertiary/aromatic N) is 1. The Hall–Kier alpha value is -2.55. The highest BCUT2D eigenvalue weighted by atomic mass is 16.6. The van der Waals surface area contributed by atoms with E-state index in [-0.39, 0.29) is 29.8 Å². The van der Waals surface area contributed by atoms with Crippen molar-refractivity contribution in [3.63, 3.8) is 0 Å². The van der Waals surface area contributed by atoms with Gasteiger partial charge in [-0.1, -0.05) is 39.3 Å². The van der Waals surface area contributed by atoms with E-state index >= 15 is 0 Å². The summed E-state index contributed by atoms with van der Waals surface area (Å²) < 4.78 is 17.6.